The number of nitrogens with zero attached hydrogens (tertiary/aromatic N) is 1. The van der Waals surface area contributed by atoms with Crippen LogP contribution in [0.3, 0.4) is 0 Å². The molecule has 1 aliphatic heterocycles. The van der Waals surface area contributed by atoms with Gasteiger partial charge in [0.2, 0.25) is 0 Å². The fourth-order valence-corrected chi connectivity index (χ4v) is 2.52. The van der Waals surface area contributed by atoms with Crippen LogP contribution in [0.4, 0.5) is 0 Å². The molecule has 0 bridgehead atoms. The summed E-state index contributed by atoms with van der Waals surface area (Å²) in [6.07, 6.45) is 2.38. The lowest BCUT2D eigenvalue weighted by Gasteiger charge is -2.23. The smallest absolute Gasteiger partial charge is 0.337 e. The van der Waals surface area contributed by atoms with E-state index in [1.165, 1.54) is 20.0 Å². The Morgan fingerprint density at radius 3 is 3.11 bits per heavy atom. The van der Waals surface area contributed by atoms with Gasteiger partial charge >= 0.3 is 5.97 Å². The molecule has 0 radical (unpaired) electrons. The molecule has 0 saturated carbocycles. The van der Waals surface area contributed by atoms with Crippen LogP contribution in [-0.4, -0.2) is 37.1 Å². The highest BCUT2D eigenvalue weighted by Gasteiger charge is 2.23. The van der Waals surface area contributed by atoms with E-state index in [1.807, 2.05) is 18.2 Å². The second-order valence-corrected chi connectivity index (χ2v) is 4.69. The largest absolute Gasteiger partial charge is 0.465 e. The van der Waals surface area contributed by atoms with Crippen molar-refractivity contribution < 1.29 is 9.53 Å². The van der Waals surface area contributed by atoms with Crippen LogP contribution in [0.15, 0.2) is 24.3 Å². The monoisotopic (exact) mass is 248 g/mol. The minimum absolute atomic E-state index is 0.284. The van der Waals surface area contributed by atoms with E-state index < -0.39 is 0 Å². The molecule has 1 heterocycles. The average molecular weight is 248 g/mol. The van der Waals surface area contributed by atoms with Crippen LogP contribution in [0.25, 0.3) is 0 Å². The molecule has 1 atom stereocenters. The molecule has 98 valence electrons. The summed E-state index contributed by atoms with van der Waals surface area (Å²) in [4.78, 5) is 13.9. The molecule has 1 unspecified atom stereocenters. The van der Waals surface area contributed by atoms with E-state index in [0.717, 1.165) is 18.7 Å². The van der Waals surface area contributed by atoms with E-state index in [2.05, 4.69) is 4.90 Å². The summed E-state index contributed by atoms with van der Waals surface area (Å²) in [6, 6.07) is 8.09. The van der Waals surface area contributed by atoms with Gasteiger partial charge in [0, 0.05) is 19.1 Å². The molecule has 1 aromatic rings. The molecule has 2 rings (SSSR count). The van der Waals surface area contributed by atoms with E-state index in [1.54, 1.807) is 6.07 Å². The first-order valence-electron chi connectivity index (χ1n) is 6.36. The predicted octanol–water partition coefficient (Wildman–Crippen LogP) is 1.40. The first-order chi connectivity index (χ1) is 8.74. The standard InChI is InChI=1S/C14H20N2O2/c1-18-14(17)12-5-2-4-11(8-12)10-16-7-3-6-13(16)9-15/h2,4-5,8,13H,3,6-7,9-10,15H2,1H3. The number of carbonyl (C=O) groups is 1. The van der Waals surface area contributed by atoms with Crippen molar-refractivity contribution in [2.45, 2.75) is 25.4 Å². The zero-order chi connectivity index (χ0) is 13.0. The van der Waals surface area contributed by atoms with E-state index >= 15 is 0 Å². The summed E-state index contributed by atoms with van der Waals surface area (Å²) in [5, 5.41) is 0. The summed E-state index contributed by atoms with van der Waals surface area (Å²) in [5.41, 5.74) is 7.51. The van der Waals surface area contributed by atoms with Gasteiger partial charge < -0.3 is 10.5 Å². The molecule has 1 saturated heterocycles. The SMILES string of the molecule is COC(=O)c1cccc(CN2CCCC2CN)c1. The topological polar surface area (TPSA) is 55.6 Å². The van der Waals surface area contributed by atoms with Gasteiger partial charge in [0.05, 0.1) is 12.7 Å². The molecule has 0 aliphatic carbocycles. The van der Waals surface area contributed by atoms with Gasteiger partial charge in [0.15, 0.2) is 0 Å². The summed E-state index contributed by atoms with van der Waals surface area (Å²) < 4.78 is 4.73. The van der Waals surface area contributed by atoms with E-state index in [4.69, 9.17) is 10.5 Å². The van der Waals surface area contributed by atoms with Gasteiger partial charge in [-0.15, -0.1) is 0 Å². The second kappa shape index (κ2) is 5.98. The summed E-state index contributed by atoms with van der Waals surface area (Å²) >= 11 is 0. The van der Waals surface area contributed by atoms with Crippen molar-refractivity contribution in [3.05, 3.63) is 35.4 Å². The van der Waals surface area contributed by atoms with Crippen LogP contribution in [0.2, 0.25) is 0 Å². The van der Waals surface area contributed by atoms with Crippen LogP contribution in [-0.2, 0) is 11.3 Å². The molecule has 2 N–H and O–H groups in total. The maximum absolute atomic E-state index is 11.5. The molecule has 0 amide bonds. The minimum atomic E-state index is -0.284. The number of hydrogen-bond acceptors (Lipinski definition) is 4. The molecule has 4 heteroatoms. The third kappa shape index (κ3) is 2.89. The Morgan fingerprint density at radius 1 is 1.56 bits per heavy atom. The van der Waals surface area contributed by atoms with E-state index in [9.17, 15) is 4.79 Å². The van der Waals surface area contributed by atoms with Gasteiger partial charge in [0.1, 0.15) is 0 Å². The fraction of sp³-hybridized carbons (Fsp3) is 0.500. The zero-order valence-electron chi connectivity index (χ0n) is 10.8. The van der Waals surface area contributed by atoms with Crippen LogP contribution in [0.5, 0.6) is 0 Å². The highest BCUT2D eigenvalue weighted by atomic mass is 16.5. The van der Waals surface area contributed by atoms with Crippen LogP contribution < -0.4 is 5.73 Å². The number of rotatable bonds is 4. The molecule has 4 nitrogen and oxygen atoms in total. The molecule has 0 aromatic heterocycles. The van der Waals surface area contributed by atoms with Crippen molar-refractivity contribution in [2.24, 2.45) is 5.73 Å². The third-order valence-electron chi connectivity index (χ3n) is 3.50. The highest BCUT2D eigenvalue weighted by molar-refractivity contribution is 5.89. The Hall–Kier alpha value is -1.39. The number of nitrogens with two attached hydrogens (primary N) is 1. The Balaban J connectivity index is 2.07. The van der Waals surface area contributed by atoms with Crippen LogP contribution >= 0.6 is 0 Å². The lowest BCUT2D eigenvalue weighted by atomic mass is 10.1. The molecule has 1 fully saturated rings. The lowest BCUT2D eigenvalue weighted by Crippen LogP contribution is -2.34. The van der Waals surface area contributed by atoms with Gasteiger partial charge in [-0.05, 0) is 37.1 Å². The second-order valence-electron chi connectivity index (χ2n) is 4.69. The fourth-order valence-electron chi connectivity index (χ4n) is 2.52. The Morgan fingerprint density at radius 2 is 2.39 bits per heavy atom. The predicted molar refractivity (Wildman–Crippen MR) is 70.3 cm³/mol. The first-order valence-corrected chi connectivity index (χ1v) is 6.36. The van der Waals surface area contributed by atoms with Crippen molar-refractivity contribution in [1.82, 2.24) is 4.90 Å². The van der Waals surface area contributed by atoms with Gasteiger partial charge in [-0.25, -0.2) is 4.79 Å². The average Bonchev–Trinajstić information content (AvgIpc) is 2.85. The number of benzene rings is 1. The summed E-state index contributed by atoms with van der Waals surface area (Å²) in [7, 11) is 1.40. The normalized spacial score (nSPS) is 20.0. The maximum Gasteiger partial charge on any atom is 0.337 e. The van der Waals surface area contributed by atoms with Gasteiger partial charge in [-0.3, -0.25) is 4.90 Å². The number of esters is 1. The van der Waals surface area contributed by atoms with Crippen molar-refractivity contribution in [2.75, 3.05) is 20.2 Å². The maximum atomic E-state index is 11.5. The number of hydrogen-bond donors (Lipinski definition) is 1. The van der Waals surface area contributed by atoms with E-state index in [-0.39, 0.29) is 5.97 Å². The van der Waals surface area contributed by atoms with Crippen LogP contribution in [0.1, 0.15) is 28.8 Å². The third-order valence-corrected chi connectivity index (χ3v) is 3.50. The van der Waals surface area contributed by atoms with Crippen molar-refractivity contribution in [3.8, 4) is 0 Å². The Bertz CT molecular complexity index is 420. The first kappa shape index (κ1) is 13.1. The van der Waals surface area contributed by atoms with Crippen molar-refractivity contribution in [3.63, 3.8) is 0 Å². The van der Waals surface area contributed by atoms with Gasteiger partial charge in [-0.2, -0.15) is 0 Å². The molecular weight excluding hydrogens is 228 g/mol. The van der Waals surface area contributed by atoms with Crippen molar-refractivity contribution >= 4 is 5.97 Å². The number of likely N-dealkylation sites (tertiary alicyclic amines) is 1. The summed E-state index contributed by atoms with van der Waals surface area (Å²) in [6.45, 7) is 2.65. The van der Waals surface area contributed by atoms with Gasteiger partial charge in [0.25, 0.3) is 0 Å². The number of methoxy groups -OCH3 is 1. The minimum Gasteiger partial charge on any atom is -0.465 e. The molecular formula is C14H20N2O2. The lowest BCUT2D eigenvalue weighted by molar-refractivity contribution is 0.0600. The van der Waals surface area contributed by atoms with Crippen molar-refractivity contribution in [1.29, 1.82) is 0 Å². The summed E-state index contributed by atoms with van der Waals surface area (Å²) in [5.74, 6) is -0.284. The molecule has 0 spiro atoms. The highest BCUT2D eigenvalue weighted by Crippen LogP contribution is 2.19. The van der Waals surface area contributed by atoms with Crippen LogP contribution in [0, 0.1) is 0 Å². The number of ether oxygens (including phenoxy) is 1. The van der Waals surface area contributed by atoms with E-state index in [0.29, 0.717) is 18.2 Å². The zero-order valence-corrected chi connectivity index (χ0v) is 10.8. The molecule has 18 heavy (non-hydrogen) atoms. The Labute approximate surface area is 108 Å². The Kier molecular flexibility index (Phi) is 4.33. The molecule has 1 aliphatic rings. The quantitative estimate of drug-likeness (QED) is 0.818. The van der Waals surface area contributed by atoms with Gasteiger partial charge in [-0.1, -0.05) is 12.1 Å². The molecule has 1 aromatic carbocycles. The number of carbonyl (C=O) groups excluding carboxylic acids is 1.